The number of hydrogen-bond donors (Lipinski definition) is 2. The largest absolute Gasteiger partial charge is 0.493 e. The van der Waals surface area contributed by atoms with Crippen molar-refractivity contribution in [3.05, 3.63) is 52.6 Å². The van der Waals surface area contributed by atoms with Gasteiger partial charge in [0.05, 0.1) is 38.1 Å². The van der Waals surface area contributed by atoms with E-state index in [0.29, 0.717) is 17.7 Å². The lowest BCUT2D eigenvalue weighted by Gasteiger charge is -2.41. The van der Waals surface area contributed by atoms with E-state index in [-0.39, 0.29) is 36.3 Å². The number of rotatable bonds is 6. The maximum Gasteiger partial charge on any atom is 0.416 e. The first kappa shape index (κ1) is 27.4. The van der Waals surface area contributed by atoms with Gasteiger partial charge in [-0.1, -0.05) is 0 Å². The fraction of sp³-hybridized carbons (Fsp3) is 0.458. The number of aliphatic hydroxyl groups is 1. The van der Waals surface area contributed by atoms with Crippen molar-refractivity contribution in [2.24, 2.45) is 0 Å². The molecular weight excluding hydrogens is 496 g/mol. The Labute approximate surface area is 203 Å². The molecule has 6 nitrogen and oxygen atoms in total. The summed E-state index contributed by atoms with van der Waals surface area (Å²) in [6.45, 7) is 3.09. The molecule has 2 N–H and O–H groups in total. The fourth-order valence-electron chi connectivity index (χ4n) is 4.30. The van der Waals surface area contributed by atoms with E-state index in [0.717, 1.165) is 0 Å². The summed E-state index contributed by atoms with van der Waals surface area (Å²) in [6.07, 6.45) is -12.2. The molecule has 1 heterocycles. The summed E-state index contributed by atoms with van der Waals surface area (Å²) in [4.78, 5) is 12.8. The lowest BCUT2D eigenvalue weighted by atomic mass is 9.75. The second-order valence-electron chi connectivity index (χ2n) is 8.57. The molecule has 0 saturated carbocycles. The van der Waals surface area contributed by atoms with Gasteiger partial charge in [0.25, 0.3) is 0 Å². The normalized spacial score (nSPS) is 20.7. The van der Waals surface area contributed by atoms with Crippen LogP contribution in [0.25, 0.3) is 0 Å². The van der Waals surface area contributed by atoms with Gasteiger partial charge in [0, 0.05) is 17.7 Å². The number of carbonyl (C=O) groups excluding carboxylic acids is 1. The van der Waals surface area contributed by atoms with Crippen LogP contribution in [0.15, 0.2) is 30.3 Å². The van der Waals surface area contributed by atoms with Crippen molar-refractivity contribution in [2.45, 2.75) is 50.2 Å². The molecule has 0 aromatic heterocycles. The average Bonchev–Trinajstić information content (AvgIpc) is 2.80. The molecule has 1 aliphatic rings. The number of aliphatic hydroxyl groups excluding tert-OH is 1. The molecule has 0 bridgehead atoms. The Balaban J connectivity index is 2.21. The van der Waals surface area contributed by atoms with Crippen LogP contribution in [-0.2, 0) is 21.9 Å². The number of ether oxygens (including phenoxy) is 3. The van der Waals surface area contributed by atoms with Gasteiger partial charge in [-0.05, 0) is 55.7 Å². The first-order chi connectivity index (χ1) is 16.6. The Morgan fingerprint density at radius 1 is 1.03 bits per heavy atom. The van der Waals surface area contributed by atoms with Gasteiger partial charge in [0.2, 0.25) is 0 Å². The fourth-order valence-corrected chi connectivity index (χ4v) is 4.30. The predicted molar refractivity (Wildman–Crippen MR) is 117 cm³/mol. The number of anilines is 1. The van der Waals surface area contributed by atoms with Crippen LogP contribution in [0, 0.1) is 0 Å². The standard InChI is InChI=1S/C24H25F6NO5/c1-5-36-21(33)22(2)11-16(15-9-18(34-3)19(35-4)10-17(15)31-22)20(32)12-6-13(23(25,26)27)8-14(7-12)24(28,29)30/h6-10,16,20,31-32H,5,11H2,1-4H3/t16-,20+,22+/m1/s1. The highest BCUT2D eigenvalue weighted by Crippen LogP contribution is 2.50. The summed E-state index contributed by atoms with van der Waals surface area (Å²) in [7, 11) is 2.71. The van der Waals surface area contributed by atoms with E-state index in [4.69, 9.17) is 14.2 Å². The Morgan fingerprint density at radius 3 is 2.03 bits per heavy atom. The number of carbonyl (C=O) groups is 1. The second-order valence-corrected chi connectivity index (χ2v) is 8.57. The first-order valence-corrected chi connectivity index (χ1v) is 10.8. The Bertz CT molecular complexity index is 1100. The van der Waals surface area contributed by atoms with Crippen molar-refractivity contribution in [1.82, 2.24) is 0 Å². The molecule has 198 valence electrons. The summed E-state index contributed by atoms with van der Waals surface area (Å²) >= 11 is 0. The highest BCUT2D eigenvalue weighted by molar-refractivity contribution is 5.86. The summed E-state index contributed by atoms with van der Waals surface area (Å²) in [5.41, 5.74) is -4.57. The molecule has 2 aromatic rings. The minimum atomic E-state index is -5.09. The zero-order chi connectivity index (χ0) is 27.1. The molecule has 3 atom stereocenters. The minimum absolute atomic E-state index is 0.0107. The van der Waals surface area contributed by atoms with E-state index >= 15 is 0 Å². The summed E-state index contributed by atoms with van der Waals surface area (Å²) in [5, 5.41) is 14.2. The Morgan fingerprint density at radius 2 is 1.56 bits per heavy atom. The lowest BCUT2D eigenvalue weighted by molar-refractivity contribution is -0.148. The number of esters is 1. The predicted octanol–water partition coefficient (Wildman–Crippen LogP) is 5.70. The van der Waals surface area contributed by atoms with E-state index in [1.807, 2.05) is 0 Å². The Hall–Kier alpha value is -3.15. The third-order valence-electron chi connectivity index (χ3n) is 6.05. The smallest absolute Gasteiger partial charge is 0.416 e. The van der Waals surface area contributed by atoms with Crippen LogP contribution < -0.4 is 14.8 Å². The second kappa shape index (κ2) is 9.72. The zero-order valence-corrected chi connectivity index (χ0v) is 19.8. The Kier molecular flexibility index (Phi) is 7.41. The van der Waals surface area contributed by atoms with Crippen LogP contribution in [0.5, 0.6) is 11.5 Å². The van der Waals surface area contributed by atoms with Gasteiger partial charge < -0.3 is 24.6 Å². The maximum atomic E-state index is 13.4. The van der Waals surface area contributed by atoms with Gasteiger partial charge in [0.15, 0.2) is 11.5 Å². The van der Waals surface area contributed by atoms with E-state index in [1.165, 1.54) is 33.3 Å². The van der Waals surface area contributed by atoms with E-state index in [1.54, 1.807) is 6.92 Å². The van der Waals surface area contributed by atoms with Crippen LogP contribution in [0.4, 0.5) is 32.0 Å². The summed E-state index contributed by atoms with van der Waals surface area (Å²) < 4.78 is 96.2. The first-order valence-electron chi connectivity index (χ1n) is 10.8. The van der Waals surface area contributed by atoms with Crippen molar-refractivity contribution >= 4 is 11.7 Å². The monoisotopic (exact) mass is 521 g/mol. The summed E-state index contributed by atoms with van der Waals surface area (Å²) in [5.74, 6) is -1.35. The van der Waals surface area contributed by atoms with Gasteiger partial charge in [0.1, 0.15) is 5.54 Å². The number of methoxy groups -OCH3 is 2. The highest BCUT2D eigenvalue weighted by atomic mass is 19.4. The number of alkyl halides is 6. The SMILES string of the molecule is CCOC(=O)[C@]1(C)C[C@@H]([C@@H](O)c2cc(C(F)(F)F)cc(C(F)(F)F)c2)c2cc(OC)c(OC)cc2N1. The molecule has 2 aromatic carbocycles. The van der Waals surface area contributed by atoms with Gasteiger partial charge in [-0.2, -0.15) is 26.3 Å². The molecule has 0 amide bonds. The highest BCUT2D eigenvalue weighted by Gasteiger charge is 2.46. The number of nitrogens with one attached hydrogen (secondary N) is 1. The summed E-state index contributed by atoms with van der Waals surface area (Å²) in [6, 6.07) is 3.87. The number of fused-ring (bicyclic) bond motifs is 1. The average molecular weight is 521 g/mol. The minimum Gasteiger partial charge on any atom is -0.493 e. The van der Waals surface area contributed by atoms with Crippen LogP contribution in [0.3, 0.4) is 0 Å². The van der Waals surface area contributed by atoms with Crippen LogP contribution >= 0.6 is 0 Å². The molecule has 3 rings (SSSR count). The molecule has 0 spiro atoms. The van der Waals surface area contributed by atoms with Crippen LogP contribution in [0.2, 0.25) is 0 Å². The topological polar surface area (TPSA) is 77.0 Å². The molecule has 0 aliphatic carbocycles. The molecule has 1 aliphatic heterocycles. The van der Waals surface area contributed by atoms with Gasteiger partial charge in [-0.3, -0.25) is 0 Å². The number of hydrogen-bond acceptors (Lipinski definition) is 6. The molecular formula is C24H25F6NO5. The van der Waals surface area contributed by atoms with Crippen LogP contribution in [0.1, 0.15) is 54.5 Å². The lowest BCUT2D eigenvalue weighted by Crippen LogP contribution is -2.49. The van der Waals surface area contributed by atoms with E-state index in [9.17, 15) is 36.2 Å². The number of benzene rings is 2. The third kappa shape index (κ3) is 5.32. The molecule has 0 unspecified atom stereocenters. The third-order valence-corrected chi connectivity index (χ3v) is 6.05. The number of halogens is 6. The van der Waals surface area contributed by atoms with Crippen LogP contribution in [-0.4, -0.2) is 37.4 Å². The van der Waals surface area contributed by atoms with Crippen molar-refractivity contribution in [2.75, 3.05) is 26.1 Å². The van der Waals surface area contributed by atoms with Gasteiger partial charge in [-0.15, -0.1) is 0 Å². The van der Waals surface area contributed by atoms with Crippen molar-refractivity contribution < 1.29 is 50.5 Å². The molecule has 0 fully saturated rings. The maximum absolute atomic E-state index is 13.4. The van der Waals surface area contributed by atoms with Crippen molar-refractivity contribution in [3.63, 3.8) is 0 Å². The quantitative estimate of drug-likeness (QED) is 0.376. The molecule has 0 saturated heterocycles. The van der Waals surface area contributed by atoms with Gasteiger partial charge in [-0.25, -0.2) is 4.79 Å². The van der Waals surface area contributed by atoms with E-state index in [2.05, 4.69) is 5.32 Å². The zero-order valence-electron chi connectivity index (χ0n) is 19.8. The molecule has 12 heteroatoms. The van der Waals surface area contributed by atoms with Crippen molar-refractivity contribution in [1.29, 1.82) is 0 Å². The van der Waals surface area contributed by atoms with Gasteiger partial charge >= 0.3 is 18.3 Å². The molecule has 36 heavy (non-hydrogen) atoms. The molecule has 0 radical (unpaired) electrons. The van der Waals surface area contributed by atoms with E-state index < -0.39 is 52.6 Å². The van der Waals surface area contributed by atoms with Crippen molar-refractivity contribution in [3.8, 4) is 11.5 Å².